The maximum atomic E-state index is 13.8. The predicted molar refractivity (Wildman–Crippen MR) is 178 cm³/mol. The van der Waals surface area contributed by atoms with Gasteiger partial charge in [-0.1, -0.05) is 49.6 Å². The van der Waals surface area contributed by atoms with Crippen LogP contribution < -0.4 is 14.4 Å². The summed E-state index contributed by atoms with van der Waals surface area (Å²) in [4.78, 5) is 16.1. The number of sulfonamides is 1. The Hall–Kier alpha value is -2.55. The maximum Gasteiger partial charge on any atom is 0.264 e. The molecule has 242 valence electrons. The van der Waals surface area contributed by atoms with E-state index >= 15 is 0 Å². The summed E-state index contributed by atoms with van der Waals surface area (Å²) in [6, 6.07) is 11.7. The van der Waals surface area contributed by atoms with E-state index in [0.717, 1.165) is 74.5 Å². The molecule has 1 spiro atoms. The molecule has 6 atom stereocenters. The van der Waals surface area contributed by atoms with Gasteiger partial charge in [0.25, 0.3) is 5.91 Å². The van der Waals surface area contributed by atoms with E-state index in [1.807, 2.05) is 25.1 Å². The molecule has 0 saturated heterocycles. The van der Waals surface area contributed by atoms with Gasteiger partial charge in [-0.25, -0.2) is 13.1 Å². The zero-order valence-electron chi connectivity index (χ0n) is 26.3. The smallest absolute Gasteiger partial charge is 0.264 e. The topological polar surface area (TPSA) is 84.9 Å². The number of amides is 1. The second-order valence-electron chi connectivity index (χ2n) is 14.3. The van der Waals surface area contributed by atoms with Crippen molar-refractivity contribution in [2.45, 2.75) is 81.5 Å². The van der Waals surface area contributed by atoms with E-state index in [4.69, 9.17) is 21.1 Å². The Labute approximate surface area is 272 Å². The minimum Gasteiger partial charge on any atom is -0.490 e. The van der Waals surface area contributed by atoms with Crippen molar-refractivity contribution >= 4 is 33.2 Å². The highest BCUT2D eigenvalue weighted by molar-refractivity contribution is 7.90. The molecule has 1 N–H and O–H groups in total. The van der Waals surface area contributed by atoms with E-state index in [9.17, 15) is 13.2 Å². The molecule has 0 aromatic heterocycles. The van der Waals surface area contributed by atoms with Crippen molar-refractivity contribution in [3.63, 3.8) is 0 Å². The van der Waals surface area contributed by atoms with Crippen LogP contribution in [0.2, 0.25) is 5.02 Å². The molecule has 9 heteroatoms. The Kier molecular flexibility index (Phi) is 8.45. The van der Waals surface area contributed by atoms with E-state index in [-0.39, 0.29) is 17.4 Å². The standard InChI is InChI=1S/C36H45ClN2O5S/c1-23-5-3-7-32(43-2)29-13-10-27(29)20-39-21-36(16-4-6-25-18-28(37)12-14-30(25)36)22-44-33-15-11-26(19-31(33)39)35(40)38-45(41,42)34(23)17-24-8-9-24/h3,7,11-12,14-15,18-19,23-24,27,29,32,34H,4-6,8-10,13,16-17,20-22H2,1-2H3,(H,38,40)/b7-3-/t23-,27+,29-,32+,34+,36+/m1/s1. The first kappa shape index (κ1) is 31.1. The minimum absolute atomic E-state index is 0.0254. The fraction of sp³-hybridized carbons (Fsp3) is 0.583. The predicted octanol–water partition coefficient (Wildman–Crippen LogP) is 6.68. The number of hydrogen-bond donors (Lipinski definition) is 1. The third-order valence-electron chi connectivity index (χ3n) is 11.3. The van der Waals surface area contributed by atoms with Crippen LogP contribution in [0.15, 0.2) is 48.6 Å². The van der Waals surface area contributed by atoms with Crippen LogP contribution in [0, 0.1) is 23.7 Å². The zero-order valence-corrected chi connectivity index (χ0v) is 27.9. The summed E-state index contributed by atoms with van der Waals surface area (Å²) in [6.07, 6.45) is 12.8. The van der Waals surface area contributed by atoms with Gasteiger partial charge in [-0.05, 0) is 110 Å². The number of methoxy groups -OCH3 is 1. The minimum atomic E-state index is -3.90. The maximum absolute atomic E-state index is 13.8. The molecule has 5 aliphatic rings. The molecule has 2 fully saturated rings. The van der Waals surface area contributed by atoms with E-state index in [0.29, 0.717) is 42.8 Å². The van der Waals surface area contributed by atoms with Crippen LogP contribution in [0.5, 0.6) is 5.75 Å². The van der Waals surface area contributed by atoms with Gasteiger partial charge < -0.3 is 14.4 Å². The third kappa shape index (κ3) is 6.15. The van der Waals surface area contributed by atoms with Crippen LogP contribution >= 0.6 is 11.6 Å². The Balaban J connectivity index is 1.29. The lowest BCUT2D eigenvalue weighted by Gasteiger charge is -2.46. The normalized spacial score (nSPS) is 33.5. The fourth-order valence-electron chi connectivity index (χ4n) is 8.38. The molecule has 7 nitrogen and oxygen atoms in total. The number of nitrogens with zero attached hydrogens (tertiary/aromatic N) is 1. The number of nitrogens with one attached hydrogen (secondary N) is 1. The Morgan fingerprint density at radius 2 is 1.98 bits per heavy atom. The first-order valence-electron chi connectivity index (χ1n) is 16.7. The molecule has 3 aliphatic carbocycles. The Morgan fingerprint density at radius 1 is 1.13 bits per heavy atom. The number of hydrogen-bond acceptors (Lipinski definition) is 6. The van der Waals surface area contributed by atoms with Crippen LogP contribution in [0.25, 0.3) is 0 Å². The van der Waals surface area contributed by atoms with Crippen molar-refractivity contribution in [1.29, 1.82) is 0 Å². The average molecular weight is 653 g/mol. The van der Waals surface area contributed by atoms with Gasteiger partial charge in [0.1, 0.15) is 5.75 Å². The summed E-state index contributed by atoms with van der Waals surface area (Å²) >= 11 is 6.43. The van der Waals surface area contributed by atoms with Crippen molar-refractivity contribution in [3.05, 3.63) is 70.3 Å². The van der Waals surface area contributed by atoms with Gasteiger partial charge >= 0.3 is 0 Å². The van der Waals surface area contributed by atoms with Gasteiger partial charge in [0, 0.05) is 36.2 Å². The van der Waals surface area contributed by atoms with Crippen molar-refractivity contribution < 1.29 is 22.7 Å². The van der Waals surface area contributed by atoms with Gasteiger partial charge in [0.05, 0.1) is 23.6 Å². The number of carbonyl (C=O) groups is 1. The highest BCUT2D eigenvalue weighted by Gasteiger charge is 2.45. The number of ether oxygens (including phenoxy) is 2. The number of aryl methyl sites for hydroxylation is 1. The second-order valence-corrected chi connectivity index (χ2v) is 16.7. The van der Waals surface area contributed by atoms with Gasteiger partial charge in [-0.2, -0.15) is 0 Å². The molecule has 2 aromatic carbocycles. The van der Waals surface area contributed by atoms with Crippen LogP contribution in [0.1, 0.15) is 79.8 Å². The lowest BCUT2D eigenvalue weighted by Crippen LogP contribution is -2.49. The Bertz CT molecular complexity index is 1590. The van der Waals surface area contributed by atoms with Crippen LogP contribution in [-0.2, 0) is 26.6 Å². The lowest BCUT2D eigenvalue weighted by atomic mass is 9.68. The van der Waals surface area contributed by atoms with Crippen LogP contribution in [0.4, 0.5) is 5.69 Å². The number of halogens is 1. The molecular weight excluding hydrogens is 608 g/mol. The molecule has 2 aliphatic heterocycles. The van der Waals surface area contributed by atoms with Gasteiger partial charge in [-0.3, -0.25) is 4.79 Å². The monoisotopic (exact) mass is 652 g/mol. The number of benzene rings is 2. The number of anilines is 1. The number of allylic oxidation sites excluding steroid dienone is 1. The molecule has 2 heterocycles. The number of rotatable bonds is 3. The Morgan fingerprint density at radius 3 is 2.73 bits per heavy atom. The van der Waals surface area contributed by atoms with Gasteiger partial charge in [0.15, 0.2) is 0 Å². The van der Waals surface area contributed by atoms with Crippen molar-refractivity contribution in [1.82, 2.24) is 4.72 Å². The van der Waals surface area contributed by atoms with Crippen LogP contribution in [-0.4, -0.2) is 52.5 Å². The zero-order chi connectivity index (χ0) is 31.3. The molecule has 7 rings (SSSR count). The highest BCUT2D eigenvalue weighted by atomic mass is 35.5. The average Bonchev–Trinajstić information content (AvgIpc) is 3.84. The highest BCUT2D eigenvalue weighted by Crippen LogP contribution is 2.47. The van der Waals surface area contributed by atoms with Gasteiger partial charge in [-0.15, -0.1) is 0 Å². The SMILES string of the molecule is CO[C@H]1/C=C\C[C@@H](C)[C@H](CC2CC2)S(=O)(=O)NC(=O)c2ccc3c(c2)N(C[C@@H]2CC[C@H]21)C[C@@]1(CCCc2cc(Cl)ccc21)CO3. The second kappa shape index (κ2) is 12.2. The molecule has 2 aromatic rings. The van der Waals surface area contributed by atoms with E-state index in [1.54, 1.807) is 13.2 Å². The molecular formula is C36H45ClN2O5S. The number of carbonyl (C=O) groups excluding carboxylic acids is 1. The molecule has 2 saturated carbocycles. The van der Waals surface area contributed by atoms with E-state index in [1.165, 1.54) is 11.1 Å². The first-order valence-corrected chi connectivity index (χ1v) is 18.6. The summed E-state index contributed by atoms with van der Waals surface area (Å²) in [6.45, 7) is 4.07. The van der Waals surface area contributed by atoms with Crippen molar-refractivity contribution in [2.24, 2.45) is 23.7 Å². The number of fused-ring (bicyclic) bond motifs is 4. The van der Waals surface area contributed by atoms with Gasteiger partial charge in [0.2, 0.25) is 10.0 Å². The summed E-state index contributed by atoms with van der Waals surface area (Å²) in [5.41, 5.74) is 3.53. The first-order chi connectivity index (χ1) is 21.7. The summed E-state index contributed by atoms with van der Waals surface area (Å²) in [7, 11) is -2.12. The van der Waals surface area contributed by atoms with E-state index < -0.39 is 21.2 Å². The van der Waals surface area contributed by atoms with Crippen LogP contribution in [0.3, 0.4) is 0 Å². The molecule has 1 amide bonds. The van der Waals surface area contributed by atoms with E-state index in [2.05, 4.69) is 33.9 Å². The molecule has 45 heavy (non-hydrogen) atoms. The fourth-order valence-corrected chi connectivity index (χ4v) is 10.3. The largest absolute Gasteiger partial charge is 0.490 e. The van der Waals surface area contributed by atoms with Crippen molar-refractivity contribution in [3.8, 4) is 5.75 Å². The molecule has 2 bridgehead atoms. The quantitative estimate of drug-likeness (QED) is 0.373. The third-order valence-corrected chi connectivity index (χ3v) is 13.4. The lowest BCUT2D eigenvalue weighted by molar-refractivity contribution is 0.0131. The summed E-state index contributed by atoms with van der Waals surface area (Å²) < 4.78 is 42.7. The van der Waals surface area contributed by atoms with Crippen molar-refractivity contribution in [2.75, 3.05) is 31.7 Å². The summed E-state index contributed by atoms with van der Waals surface area (Å²) in [5, 5.41) is 0.119. The molecule has 0 radical (unpaired) electrons. The summed E-state index contributed by atoms with van der Waals surface area (Å²) in [5.74, 6) is 1.22. The molecule has 0 unspecified atom stereocenters.